The molecule has 2 fully saturated rings. The highest BCUT2D eigenvalue weighted by Crippen LogP contribution is 2.56. The first-order valence-electron chi connectivity index (χ1n) is 5.49. The summed E-state index contributed by atoms with van der Waals surface area (Å²) < 4.78 is 0. The standard InChI is InChI=1S/C12H18O2/c1-11-5-3-10(14)8-12(11,2)6-4-9(13)7-11/h3-8H2,1-2H3/t11-,12-/m0/s1. The van der Waals surface area contributed by atoms with Gasteiger partial charge in [-0.05, 0) is 23.7 Å². The van der Waals surface area contributed by atoms with Crippen molar-refractivity contribution in [2.24, 2.45) is 10.8 Å². The molecule has 0 aliphatic heterocycles. The summed E-state index contributed by atoms with van der Waals surface area (Å²) in [6.45, 7) is 4.38. The highest BCUT2D eigenvalue weighted by atomic mass is 16.1. The molecule has 0 unspecified atom stereocenters. The van der Waals surface area contributed by atoms with Gasteiger partial charge in [-0.1, -0.05) is 13.8 Å². The molecule has 0 aromatic carbocycles. The van der Waals surface area contributed by atoms with E-state index in [0.717, 1.165) is 12.8 Å². The second-order valence-corrected chi connectivity index (χ2v) is 5.55. The quantitative estimate of drug-likeness (QED) is 0.593. The van der Waals surface area contributed by atoms with E-state index in [1.807, 2.05) is 0 Å². The molecule has 2 aliphatic rings. The van der Waals surface area contributed by atoms with Crippen LogP contribution in [0, 0.1) is 10.8 Å². The van der Waals surface area contributed by atoms with E-state index in [-0.39, 0.29) is 10.8 Å². The molecule has 2 heteroatoms. The first-order chi connectivity index (χ1) is 6.45. The van der Waals surface area contributed by atoms with Gasteiger partial charge < -0.3 is 0 Å². The smallest absolute Gasteiger partial charge is 0.133 e. The lowest BCUT2D eigenvalue weighted by atomic mass is 9.51. The summed E-state index contributed by atoms with van der Waals surface area (Å²) in [6.07, 6.45) is 4.56. The van der Waals surface area contributed by atoms with E-state index in [0.29, 0.717) is 37.2 Å². The Morgan fingerprint density at radius 2 is 1.21 bits per heavy atom. The Hall–Kier alpha value is -0.660. The fraction of sp³-hybridized carbons (Fsp3) is 0.833. The zero-order valence-corrected chi connectivity index (χ0v) is 9.06. The molecule has 2 aliphatic carbocycles. The van der Waals surface area contributed by atoms with Crippen molar-refractivity contribution in [1.82, 2.24) is 0 Å². The van der Waals surface area contributed by atoms with E-state index < -0.39 is 0 Å². The fourth-order valence-electron chi connectivity index (χ4n) is 3.08. The molecule has 0 heterocycles. The van der Waals surface area contributed by atoms with Crippen LogP contribution in [-0.2, 0) is 9.59 Å². The Balaban J connectivity index is 2.29. The Labute approximate surface area is 85.1 Å². The molecule has 0 N–H and O–H groups in total. The molecule has 2 saturated carbocycles. The van der Waals surface area contributed by atoms with Crippen molar-refractivity contribution in [2.45, 2.75) is 52.4 Å². The number of carbonyl (C=O) groups excluding carboxylic acids is 2. The van der Waals surface area contributed by atoms with Gasteiger partial charge in [0, 0.05) is 25.7 Å². The normalized spacial score (nSPS) is 43.6. The summed E-state index contributed by atoms with van der Waals surface area (Å²) in [6, 6.07) is 0. The molecule has 78 valence electrons. The van der Waals surface area contributed by atoms with E-state index >= 15 is 0 Å². The van der Waals surface area contributed by atoms with Gasteiger partial charge in [0.2, 0.25) is 0 Å². The number of rotatable bonds is 0. The Bertz CT molecular complexity index is 265. The average molecular weight is 194 g/mol. The van der Waals surface area contributed by atoms with Gasteiger partial charge in [-0.25, -0.2) is 0 Å². The lowest BCUT2D eigenvalue weighted by molar-refractivity contribution is -0.141. The molecule has 0 saturated heterocycles. The molecule has 14 heavy (non-hydrogen) atoms. The van der Waals surface area contributed by atoms with Gasteiger partial charge in [0.05, 0.1) is 0 Å². The minimum absolute atomic E-state index is 0.0935. The summed E-state index contributed by atoms with van der Waals surface area (Å²) in [5, 5.41) is 0. The molecule has 0 spiro atoms. The molecule has 2 rings (SSSR count). The van der Waals surface area contributed by atoms with Crippen LogP contribution in [0.15, 0.2) is 0 Å². The number of carbonyl (C=O) groups is 2. The number of hydrogen-bond acceptors (Lipinski definition) is 2. The van der Waals surface area contributed by atoms with Crippen molar-refractivity contribution in [3.05, 3.63) is 0 Å². The third-order valence-corrected chi connectivity index (χ3v) is 4.54. The predicted octanol–water partition coefficient (Wildman–Crippen LogP) is 2.51. The molecule has 0 bridgehead atoms. The van der Waals surface area contributed by atoms with Crippen LogP contribution in [0.3, 0.4) is 0 Å². The van der Waals surface area contributed by atoms with Crippen molar-refractivity contribution >= 4 is 11.6 Å². The average Bonchev–Trinajstić information content (AvgIpc) is 2.08. The van der Waals surface area contributed by atoms with Crippen molar-refractivity contribution in [2.75, 3.05) is 0 Å². The second-order valence-electron chi connectivity index (χ2n) is 5.55. The highest BCUT2D eigenvalue weighted by Gasteiger charge is 2.51. The lowest BCUT2D eigenvalue weighted by Crippen LogP contribution is -2.47. The monoisotopic (exact) mass is 194 g/mol. The first-order valence-corrected chi connectivity index (χ1v) is 5.49. The van der Waals surface area contributed by atoms with Crippen molar-refractivity contribution < 1.29 is 9.59 Å². The second kappa shape index (κ2) is 2.91. The van der Waals surface area contributed by atoms with Crippen molar-refractivity contribution in [3.63, 3.8) is 0 Å². The van der Waals surface area contributed by atoms with Crippen LogP contribution in [0.5, 0.6) is 0 Å². The minimum atomic E-state index is 0.0935. The van der Waals surface area contributed by atoms with Crippen LogP contribution in [-0.4, -0.2) is 11.6 Å². The maximum Gasteiger partial charge on any atom is 0.133 e. The topological polar surface area (TPSA) is 34.1 Å². The largest absolute Gasteiger partial charge is 0.300 e. The molecule has 0 aromatic heterocycles. The van der Waals surface area contributed by atoms with Crippen LogP contribution in [0.4, 0.5) is 0 Å². The van der Waals surface area contributed by atoms with Gasteiger partial charge in [0.25, 0.3) is 0 Å². The fourth-order valence-corrected chi connectivity index (χ4v) is 3.08. The maximum atomic E-state index is 11.5. The molecule has 2 nitrogen and oxygen atoms in total. The first kappa shape index (κ1) is 9.88. The Morgan fingerprint density at radius 3 is 1.57 bits per heavy atom. The summed E-state index contributed by atoms with van der Waals surface area (Å²) >= 11 is 0. The molecule has 0 aromatic rings. The molecular formula is C12H18O2. The van der Waals surface area contributed by atoms with Gasteiger partial charge in [0.15, 0.2) is 0 Å². The summed E-state index contributed by atoms with van der Waals surface area (Å²) in [5.41, 5.74) is 0.187. The summed E-state index contributed by atoms with van der Waals surface area (Å²) in [4.78, 5) is 22.9. The minimum Gasteiger partial charge on any atom is -0.300 e. The van der Waals surface area contributed by atoms with E-state index in [9.17, 15) is 9.59 Å². The number of fused-ring (bicyclic) bond motifs is 1. The molecule has 0 amide bonds. The Kier molecular flexibility index (Phi) is 2.06. The third-order valence-electron chi connectivity index (χ3n) is 4.54. The van der Waals surface area contributed by atoms with Crippen LogP contribution >= 0.6 is 0 Å². The summed E-state index contributed by atoms with van der Waals surface area (Å²) in [5.74, 6) is 0.777. The van der Waals surface area contributed by atoms with E-state index in [2.05, 4.69) is 13.8 Å². The predicted molar refractivity (Wildman–Crippen MR) is 53.9 cm³/mol. The maximum absolute atomic E-state index is 11.5. The number of Topliss-reactive ketones (excluding diaryl/α,β-unsaturated/α-hetero) is 2. The molecular weight excluding hydrogens is 176 g/mol. The zero-order chi connectivity index (χ0) is 10.4. The third kappa shape index (κ3) is 1.32. The zero-order valence-electron chi connectivity index (χ0n) is 9.06. The Morgan fingerprint density at radius 1 is 0.857 bits per heavy atom. The van der Waals surface area contributed by atoms with Crippen molar-refractivity contribution in [3.8, 4) is 0 Å². The van der Waals surface area contributed by atoms with Crippen LogP contribution in [0.2, 0.25) is 0 Å². The van der Waals surface area contributed by atoms with Gasteiger partial charge in [-0.3, -0.25) is 9.59 Å². The molecule has 0 radical (unpaired) electrons. The molecule has 2 atom stereocenters. The van der Waals surface area contributed by atoms with E-state index in [4.69, 9.17) is 0 Å². The van der Waals surface area contributed by atoms with Crippen LogP contribution in [0.25, 0.3) is 0 Å². The summed E-state index contributed by atoms with van der Waals surface area (Å²) in [7, 11) is 0. The highest BCUT2D eigenvalue weighted by molar-refractivity contribution is 5.84. The van der Waals surface area contributed by atoms with Gasteiger partial charge in [-0.15, -0.1) is 0 Å². The number of ketones is 2. The SMILES string of the molecule is C[C@@]12CCC(=O)C[C@]1(C)CCC(=O)C2. The van der Waals surface area contributed by atoms with Gasteiger partial charge >= 0.3 is 0 Å². The van der Waals surface area contributed by atoms with Crippen LogP contribution < -0.4 is 0 Å². The van der Waals surface area contributed by atoms with Crippen LogP contribution in [0.1, 0.15) is 52.4 Å². The van der Waals surface area contributed by atoms with Gasteiger partial charge in [-0.2, -0.15) is 0 Å². The van der Waals surface area contributed by atoms with E-state index in [1.54, 1.807) is 0 Å². The number of hydrogen-bond donors (Lipinski definition) is 0. The lowest BCUT2D eigenvalue weighted by Gasteiger charge is -2.52. The van der Waals surface area contributed by atoms with Gasteiger partial charge in [0.1, 0.15) is 11.6 Å². The van der Waals surface area contributed by atoms with E-state index in [1.165, 1.54) is 0 Å². The van der Waals surface area contributed by atoms with Crippen molar-refractivity contribution in [1.29, 1.82) is 0 Å².